The molecule has 0 saturated carbocycles. The number of ketones is 1. The van der Waals surface area contributed by atoms with Crippen molar-refractivity contribution in [2.75, 3.05) is 6.61 Å². The number of Topliss-reactive ketones (excluding diaryl/α,β-unsaturated/α-hetero) is 1. The second-order valence-corrected chi connectivity index (χ2v) is 6.07. The molecule has 100 valence electrons. The molecule has 0 saturated heterocycles. The van der Waals surface area contributed by atoms with Crippen LogP contribution in [0, 0.1) is 0 Å². The Morgan fingerprint density at radius 3 is 2.63 bits per heavy atom. The smallest absolute Gasteiger partial charge is 0.380 e. The molecule has 0 bridgehead atoms. The maximum atomic E-state index is 12.1. The monoisotopic (exact) mass is 300 g/mol. The molecule has 1 aliphatic rings. The highest BCUT2D eigenvalue weighted by Gasteiger charge is 2.37. The summed E-state index contributed by atoms with van der Waals surface area (Å²) in [5.41, 5.74) is 0.292. The van der Waals surface area contributed by atoms with Gasteiger partial charge in [0, 0.05) is 5.02 Å². The van der Waals surface area contributed by atoms with Crippen LogP contribution < -0.4 is 0 Å². The number of benzene rings is 1. The number of halogens is 1. The lowest BCUT2D eigenvalue weighted by molar-refractivity contribution is -0.151. The van der Waals surface area contributed by atoms with Crippen LogP contribution in [0.2, 0.25) is 5.02 Å². The van der Waals surface area contributed by atoms with Crippen molar-refractivity contribution < 1.29 is 22.7 Å². The van der Waals surface area contributed by atoms with Gasteiger partial charge >= 0.3 is 5.97 Å². The molecule has 7 heteroatoms. The van der Waals surface area contributed by atoms with E-state index in [1.54, 1.807) is 0 Å². The molecule has 0 aliphatic carbocycles. The number of hydrogen-bond donors (Lipinski definition) is 0. The molecular formula is C12H9ClO5S. The summed E-state index contributed by atoms with van der Waals surface area (Å²) in [6.45, 7) is 1.52. The number of sulfone groups is 1. The van der Waals surface area contributed by atoms with Gasteiger partial charge in [0.25, 0.3) is 5.78 Å². The standard InChI is InChI=1S/C12H9ClO5S/c1-2-18-12(15)11(14)10-6-7-5-8(13)3-4-9(7)19(10,16)17/h3-6H,2H2,1H3. The van der Waals surface area contributed by atoms with E-state index in [4.69, 9.17) is 11.6 Å². The number of ether oxygens (including phenoxy) is 1. The minimum absolute atomic E-state index is 0.00330. The van der Waals surface area contributed by atoms with Crippen LogP contribution in [0.25, 0.3) is 6.08 Å². The molecule has 0 aromatic heterocycles. The van der Waals surface area contributed by atoms with Gasteiger partial charge in [0.05, 0.1) is 11.5 Å². The molecular weight excluding hydrogens is 292 g/mol. The summed E-state index contributed by atoms with van der Waals surface area (Å²) in [4.78, 5) is 22.5. The molecule has 1 aliphatic heterocycles. The van der Waals surface area contributed by atoms with Crippen molar-refractivity contribution >= 4 is 39.3 Å². The highest BCUT2D eigenvalue weighted by Crippen LogP contribution is 2.34. The molecule has 1 heterocycles. The maximum Gasteiger partial charge on any atom is 0.380 e. The Kier molecular flexibility index (Phi) is 3.47. The second-order valence-electron chi connectivity index (χ2n) is 3.74. The maximum absolute atomic E-state index is 12.1. The number of carbonyl (C=O) groups is 2. The molecule has 0 unspecified atom stereocenters. The number of rotatable bonds is 3. The van der Waals surface area contributed by atoms with Crippen molar-refractivity contribution in [1.82, 2.24) is 0 Å². The van der Waals surface area contributed by atoms with E-state index in [-0.39, 0.29) is 11.5 Å². The first-order chi connectivity index (χ1) is 8.87. The van der Waals surface area contributed by atoms with Gasteiger partial charge in [-0.3, -0.25) is 4.79 Å². The van der Waals surface area contributed by atoms with E-state index in [1.807, 2.05) is 0 Å². The Balaban J connectivity index is 2.48. The van der Waals surface area contributed by atoms with Gasteiger partial charge in [-0.25, -0.2) is 13.2 Å². The van der Waals surface area contributed by atoms with Crippen LogP contribution in [0.1, 0.15) is 12.5 Å². The molecule has 0 spiro atoms. The lowest BCUT2D eigenvalue weighted by Crippen LogP contribution is -2.22. The molecule has 0 N–H and O–H groups in total. The Morgan fingerprint density at radius 2 is 2.00 bits per heavy atom. The Hall–Kier alpha value is -1.66. The zero-order chi connectivity index (χ0) is 14.2. The molecule has 2 rings (SSSR count). The third-order valence-electron chi connectivity index (χ3n) is 2.52. The van der Waals surface area contributed by atoms with Crippen LogP contribution in [0.3, 0.4) is 0 Å². The number of fused-ring (bicyclic) bond motifs is 1. The topological polar surface area (TPSA) is 77.5 Å². The van der Waals surface area contributed by atoms with Gasteiger partial charge < -0.3 is 4.74 Å². The van der Waals surface area contributed by atoms with Gasteiger partial charge in [0.15, 0.2) is 0 Å². The zero-order valence-electron chi connectivity index (χ0n) is 9.84. The summed E-state index contributed by atoms with van der Waals surface area (Å²) < 4.78 is 28.7. The van der Waals surface area contributed by atoms with Crippen molar-refractivity contribution in [3.63, 3.8) is 0 Å². The summed E-state index contributed by atoms with van der Waals surface area (Å²) in [5.74, 6) is -2.36. The first-order valence-electron chi connectivity index (χ1n) is 5.35. The summed E-state index contributed by atoms with van der Waals surface area (Å²) >= 11 is 5.76. The van der Waals surface area contributed by atoms with Gasteiger partial charge in [-0.05, 0) is 36.8 Å². The first kappa shape index (κ1) is 13.8. The number of esters is 1. The average molecular weight is 301 g/mol. The molecule has 0 fully saturated rings. The van der Waals surface area contributed by atoms with Crippen molar-refractivity contribution in [2.45, 2.75) is 11.8 Å². The minimum Gasteiger partial charge on any atom is -0.460 e. The van der Waals surface area contributed by atoms with E-state index in [1.165, 1.54) is 25.1 Å². The predicted molar refractivity (Wildman–Crippen MR) is 68.3 cm³/mol. The number of hydrogen-bond acceptors (Lipinski definition) is 5. The van der Waals surface area contributed by atoms with E-state index >= 15 is 0 Å². The normalized spacial score (nSPS) is 15.6. The quantitative estimate of drug-likeness (QED) is 0.626. The lowest BCUT2D eigenvalue weighted by Gasteiger charge is -2.02. The minimum atomic E-state index is -3.97. The Labute approximate surface area is 114 Å². The predicted octanol–water partition coefficient (Wildman–Crippen LogP) is 1.60. The molecule has 5 nitrogen and oxygen atoms in total. The van der Waals surface area contributed by atoms with E-state index in [9.17, 15) is 18.0 Å². The van der Waals surface area contributed by atoms with Gasteiger partial charge in [0.1, 0.15) is 4.91 Å². The van der Waals surface area contributed by atoms with Crippen molar-refractivity contribution in [3.05, 3.63) is 33.7 Å². The Morgan fingerprint density at radius 1 is 1.32 bits per heavy atom. The molecule has 0 amide bonds. The fourth-order valence-electron chi connectivity index (χ4n) is 1.70. The van der Waals surface area contributed by atoms with Crippen LogP contribution in [-0.2, 0) is 24.2 Å². The summed E-state index contributed by atoms with van der Waals surface area (Å²) in [6.07, 6.45) is 1.13. The van der Waals surface area contributed by atoms with Crippen LogP contribution >= 0.6 is 11.6 Å². The fraction of sp³-hybridized carbons (Fsp3) is 0.167. The summed E-state index contributed by atoms with van der Waals surface area (Å²) in [6, 6.07) is 4.12. The average Bonchev–Trinajstić information content (AvgIpc) is 2.60. The van der Waals surface area contributed by atoms with Gasteiger partial charge in [0.2, 0.25) is 9.84 Å². The number of carbonyl (C=O) groups excluding carboxylic acids is 2. The SMILES string of the molecule is CCOC(=O)C(=O)C1=Cc2cc(Cl)ccc2S1(=O)=O. The third kappa shape index (κ3) is 2.29. The van der Waals surface area contributed by atoms with E-state index < -0.39 is 26.5 Å². The van der Waals surface area contributed by atoms with Gasteiger partial charge in [-0.1, -0.05) is 11.6 Å². The molecule has 0 radical (unpaired) electrons. The highest BCUT2D eigenvalue weighted by atomic mass is 35.5. The van der Waals surface area contributed by atoms with E-state index in [0.717, 1.165) is 6.08 Å². The lowest BCUT2D eigenvalue weighted by atomic mass is 10.2. The molecule has 19 heavy (non-hydrogen) atoms. The van der Waals surface area contributed by atoms with Crippen LogP contribution in [0.5, 0.6) is 0 Å². The largest absolute Gasteiger partial charge is 0.460 e. The molecule has 1 aromatic carbocycles. The summed E-state index contributed by atoms with van der Waals surface area (Å²) in [7, 11) is -3.97. The second kappa shape index (κ2) is 4.79. The molecule has 0 atom stereocenters. The fourth-order valence-corrected chi connectivity index (χ4v) is 3.40. The zero-order valence-corrected chi connectivity index (χ0v) is 11.4. The highest BCUT2D eigenvalue weighted by molar-refractivity contribution is 7.97. The summed E-state index contributed by atoms with van der Waals surface area (Å²) in [5, 5.41) is 0.343. The van der Waals surface area contributed by atoms with Crippen molar-refractivity contribution in [3.8, 4) is 0 Å². The van der Waals surface area contributed by atoms with Gasteiger partial charge in [-0.2, -0.15) is 0 Å². The van der Waals surface area contributed by atoms with E-state index in [0.29, 0.717) is 10.6 Å². The van der Waals surface area contributed by atoms with Crippen molar-refractivity contribution in [2.24, 2.45) is 0 Å². The first-order valence-corrected chi connectivity index (χ1v) is 7.22. The Bertz CT molecular complexity index is 703. The van der Waals surface area contributed by atoms with Crippen LogP contribution in [-0.4, -0.2) is 26.8 Å². The van der Waals surface area contributed by atoms with Crippen molar-refractivity contribution in [1.29, 1.82) is 0 Å². The van der Waals surface area contributed by atoms with Crippen LogP contribution in [0.4, 0.5) is 0 Å². The van der Waals surface area contributed by atoms with E-state index in [2.05, 4.69) is 4.74 Å². The van der Waals surface area contributed by atoms with Gasteiger partial charge in [-0.15, -0.1) is 0 Å². The third-order valence-corrected chi connectivity index (χ3v) is 4.59. The molecule has 1 aromatic rings. The van der Waals surface area contributed by atoms with Crippen LogP contribution in [0.15, 0.2) is 28.0 Å².